The molecule has 2 aliphatic rings. The van der Waals surface area contributed by atoms with E-state index in [1.165, 1.54) is 0 Å². The molecule has 5 heteroatoms. The van der Waals surface area contributed by atoms with Crippen LogP contribution in [0.5, 0.6) is 0 Å². The van der Waals surface area contributed by atoms with E-state index in [0.29, 0.717) is 19.1 Å². The molecule has 0 atom stereocenters. The topological polar surface area (TPSA) is 58.6 Å². The van der Waals surface area contributed by atoms with Gasteiger partial charge in [0.05, 0.1) is 0 Å². The van der Waals surface area contributed by atoms with Gasteiger partial charge in [0.1, 0.15) is 0 Å². The fourth-order valence-corrected chi connectivity index (χ4v) is 3.19. The largest absolute Gasteiger partial charge is 0.381 e. The maximum absolute atomic E-state index is 12.4. The number of carbonyl (C=O) groups is 2. The van der Waals surface area contributed by atoms with Gasteiger partial charge < -0.3 is 15.0 Å². The van der Waals surface area contributed by atoms with E-state index < -0.39 is 0 Å². The van der Waals surface area contributed by atoms with Crippen molar-refractivity contribution in [3.63, 3.8) is 0 Å². The fourth-order valence-electron chi connectivity index (χ4n) is 3.19. The molecule has 0 unspecified atom stereocenters. The van der Waals surface area contributed by atoms with Crippen LogP contribution in [0.2, 0.25) is 0 Å². The number of hydrogen-bond donors (Lipinski definition) is 1. The second-order valence-electron chi connectivity index (χ2n) is 6.96. The lowest BCUT2D eigenvalue weighted by atomic mass is 9.93. The van der Waals surface area contributed by atoms with Crippen LogP contribution < -0.4 is 5.32 Å². The van der Waals surface area contributed by atoms with Crippen LogP contribution in [0.25, 0.3) is 0 Å². The van der Waals surface area contributed by atoms with Crippen LogP contribution >= 0.6 is 0 Å². The molecule has 0 radical (unpaired) electrons. The van der Waals surface area contributed by atoms with Gasteiger partial charge in [-0.3, -0.25) is 9.59 Å². The normalized spacial score (nSPS) is 21.1. The minimum Gasteiger partial charge on any atom is -0.381 e. The van der Waals surface area contributed by atoms with Gasteiger partial charge in [0.25, 0.3) is 0 Å². The van der Waals surface area contributed by atoms with Crippen molar-refractivity contribution in [2.45, 2.75) is 46.0 Å². The van der Waals surface area contributed by atoms with Gasteiger partial charge in [-0.05, 0) is 38.0 Å². The molecule has 2 fully saturated rings. The third kappa shape index (κ3) is 4.97. The van der Waals surface area contributed by atoms with Gasteiger partial charge in [0, 0.05) is 44.7 Å². The Bertz CT molecular complexity index is 370. The summed E-state index contributed by atoms with van der Waals surface area (Å²) in [5.41, 5.74) is 0. The predicted molar refractivity (Wildman–Crippen MR) is 85.3 cm³/mol. The Hall–Kier alpha value is -1.10. The van der Waals surface area contributed by atoms with E-state index in [-0.39, 0.29) is 23.7 Å². The van der Waals surface area contributed by atoms with Gasteiger partial charge >= 0.3 is 0 Å². The molecule has 0 bridgehead atoms. The molecule has 2 saturated heterocycles. The molecule has 2 heterocycles. The van der Waals surface area contributed by atoms with Crippen LogP contribution in [0.3, 0.4) is 0 Å². The Morgan fingerprint density at radius 3 is 2.32 bits per heavy atom. The number of nitrogens with one attached hydrogen (secondary N) is 1. The zero-order valence-corrected chi connectivity index (χ0v) is 14.0. The summed E-state index contributed by atoms with van der Waals surface area (Å²) in [4.78, 5) is 26.5. The molecule has 5 nitrogen and oxygen atoms in total. The Morgan fingerprint density at radius 1 is 1.09 bits per heavy atom. The van der Waals surface area contributed by atoms with E-state index in [9.17, 15) is 9.59 Å². The van der Waals surface area contributed by atoms with Gasteiger partial charge in [-0.25, -0.2) is 0 Å². The summed E-state index contributed by atoms with van der Waals surface area (Å²) in [5.74, 6) is 1.25. The molecule has 0 spiro atoms. The highest BCUT2D eigenvalue weighted by Crippen LogP contribution is 2.23. The van der Waals surface area contributed by atoms with Crippen molar-refractivity contribution in [1.29, 1.82) is 0 Å². The first-order chi connectivity index (χ1) is 10.6. The van der Waals surface area contributed by atoms with Crippen LogP contribution in [0, 0.1) is 17.8 Å². The summed E-state index contributed by atoms with van der Waals surface area (Å²) in [7, 11) is 0. The number of carbonyl (C=O) groups excluding carboxylic acids is 2. The average Bonchev–Trinajstić information content (AvgIpc) is 2.54. The van der Waals surface area contributed by atoms with E-state index >= 15 is 0 Å². The van der Waals surface area contributed by atoms with Crippen molar-refractivity contribution in [2.75, 3.05) is 32.8 Å². The Morgan fingerprint density at radius 2 is 1.73 bits per heavy atom. The first-order valence-electron chi connectivity index (χ1n) is 8.72. The fraction of sp³-hybridized carbons (Fsp3) is 0.882. The maximum atomic E-state index is 12.4. The van der Waals surface area contributed by atoms with Crippen molar-refractivity contribution in [2.24, 2.45) is 17.8 Å². The molecule has 2 rings (SSSR count). The van der Waals surface area contributed by atoms with Crippen LogP contribution in [0.15, 0.2) is 0 Å². The minimum atomic E-state index is 0.0749. The lowest BCUT2D eigenvalue weighted by molar-refractivity contribution is -0.141. The molecule has 0 aliphatic carbocycles. The molecule has 2 aliphatic heterocycles. The number of amides is 2. The molecule has 0 aromatic carbocycles. The molecular weight excluding hydrogens is 280 g/mol. The summed E-state index contributed by atoms with van der Waals surface area (Å²) in [6.45, 7) is 7.92. The number of likely N-dealkylation sites (tertiary alicyclic amines) is 1. The van der Waals surface area contributed by atoms with Crippen LogP contribution in [-0.2, 0) is 14.3 Å². The Labute approximate surface area is 133 Å². The second-order valence-corrected chi connectivity index (χ2v) is 6.96. The van der Waals surface area contributed by atoms with Crippen molar-refractivity contribution in [3.05, 3.63) is 0 Å². The third-order valence-electron chi connectivity index (χ3n) is 4.77. The second kappa shape index (κ2) is 8.51. The van der Waals surface area contributed by atoms with E-state index in [1.807, 2.05) is 4.90 Å². The standard InChI is InChI=1S/C17H30N2O3/c1-13(2)3-8-18-16(20)14-4-9-19(10-5-14)17(21)15-6-11-22-12-7-15/h13-15H,3-12H2,1-2H3,(H,18,20). The number of rotatable bonds is 5. The molecule has 0 aromatic heterocycles. The van der Waals surface area contributed by atoms with Crippen molar-refractivity contribution in [3.8, 4) is 0 Å². The average molecular weight is 310 g/mol. The Balaban J connectivity index is 1.70. The highest BCUT2D eigenvalue weighted by molar-refractivity contribution is 5.81. The quantitative estimate of drug-likeness (QED) is 0.842. The lowest BCUT2D eigenvalue weighted by Crippen LogP contribution is -2.46. The van der Waals surface area contributed by atoms with Gasteiger partial charge in [-0.1, -0.05) is 13.8 Å². The molecule has 22 heavy (non-hydrogen) atoms. The first-order valence-corrected chi connectivity index (χ1v) is 8.72. The number of hydrogen-bond acceptors (Lipinski definition) is 3. The summed E-state index contributed by atoms with van der Waals surface area (Å²) in [6, 6.07) is 0. The lowest BCUT2D eigenvalue weighted by Gasteiger charge is -2.34. The number of piperidine rings is 1. The highest BCUT2D eigenvalue weighted by atomic mass is 16.5. The van der Waals surface area contributed by atoms with E-state index in [0.717, 1.165) is 51.7 Å². The van der Waals surface area contributed by atoms with Gasteiger partial charge in [0.2, 0.25) is 11.8 Å². The van der Waals surface area contributed by atoms with E-state index in [1.54, 1.807) is 0 Å². The molecule has 126 valence electrons. The van der Waals surface area contributed by atoms with E-state index in [2.05, 4.69) is 19.2 Å². The molecule has 0 saturated carbocycles. The van der Waals surface area contributed by atoms with Crippen LogP contribution in [-0.4, -0.2) is 49.6 Å². The summed E-state index contributed by atoms with van der Waals surface area (Å²) in [6.07, 6.45) is 4.29. The highest BCUT2D eigenvalue weighted by Gasteiger charge is 2.31. The summed E-state index contributed by atoms with van der Waals surface area (Å²) in [5, 5.41) is 3.03. The monoisotopic (exact) mass is 310 g/mol. The first kappa shape index (κ1) is 17.3. The van der Waals surface area contributed by atoms with Crippen molar-refractivity contribution >= 4 is 11.8 Å². The Kier molecular flexibility index (Phi) is 6.68. The molecule has 2 amide bonds. The van der Waals surface area contributed by atoms with Gasteiger partial charge in [0.15, 0.2) is 0 Å². The molecular formula is C17H30N2O3. The van der Waals surface area contributed by atoms with Gasteiger partial charge in [-0.2, -0.15) is 0 Å². The predicted octanol–water partition coefficient (Wildman–Crippen LogP) is 1.81. The number of nitrogens with zero attached hydrogens (tertiary/aromatic N) is 1. The van der Waals surface area contributed by atoms with Crippen molar-refractivity contribution in [1.82, 2.24) is 10.2 Å². The minimum absolute atomic E-state index is 0.0749. The molecule has 1 N–H and O–H groups in total. The SMILES string of the molecule is CC(C)CCNC(=O)C1CCN(C(=O)C2CCOCC2)CC1. The maximum Gasteiger partial charge on any atom is 0.225 e. The van der Waals surface area contributed by atoms with Gasteiger partial charge in [-0.15, -0.1) is 0 Å². The summed E-state index contributed by atoms with van der Waals surface area (Å²) < 4.78 is 5.32. The van der Waals surface area contributed by atoms with Crippen LogP contribution in [0.1, 0.15) is 46.0 Å². The van der Waals surface area contributed by atoms with E-state index in [4.69, 9.17) is 4.74 Å². The zero-order chi connectivity index (χ0) is 15.9. The zero-order valence-electron chi connectivity index (χ0n) is 14.0. The molecule has 0 aromatic rings. The third-order valence-corrected chi connectivity index (χ3v) is 4.77. The summed E-state index contributed by atoms with van der Waals surface area (Å²) >= 11 is 0. The smallest absolute Gasteiger partial charge is 0.225 e. The number of ether oxygens (including phenoxy) is 1. The van der Waals surface area contributed by atoms with Crippen molar-refractivity contribution < 1.29 is 14.3 Å². The van der Waals surface area contributed by atoms with Crippen LogP contribution in [0.4, 0.5) is 0 Å².